The molecule has 0 aliphatic rings. The maximum atomic E-state index is 5.91. The summed E-state index contributed by atoms with van der Waals surface area (Å²) in [5.41, 5.74) is 6.88. The molecule has 74 valence electrons. The molecule has 0 bridgehead atoms. The van der Waals surface area contributed by atoms with Crippen LogP contribution in [-0.2, 0) is 11.8 Å². The average molecular weight is 248 g/mol. The lowest BCUT2D eigenvalue weighted by Crippen LogP contribution is -2.20. The Morgan fingerprint density at radius 2 is 2.46 bits per heavy atom. The summed E-state index contributed by atoms with van der Waals surface area (Å²) >= 11 is 3.39. The zero-order valence-electron chi connectivity index (χ0n) is 7.83. The van der Waals surface area contributed by atoms with E-state index in [1.165, 1.54) is 0 Å². The summed E-state index contributed by atoms with van der Waals surface area (Å²) < 4.78 is 7.93. The lowest BCUT2D eigenvalue weighted by Gasteiger charge is -2.12. The van der Waals surface area contributed by atoms with Gasteiger partial charge in [-0.1, -0.05) is 0 Å². The predicted octanol–water partition coefficient (Wildman–Crippen LogP) is 1.22. The first-order chi connectivity index (χ1) is 6.16. The first-order valence-corrected chi connectivity index (χ1v) is 4.96. The molecule has 1 heterocycles. The highest BCUT2D eigenvalue weighted by molar-refractivity contribution is 9.10. The Morgan fingerprint density at radius 1 is 1.77 bits per heavy atom. The molecule has 4 nitrogen and oxygen atoms in total. The highest BCUT2D eigenvalue weighted by atomic mass is 79.9. The third kappa shape index (κ3) is 2.52. The summed E-state index contributed by atoms with van der Waals surface area (Å²) in [5.74, 6) is 0. The summed E-state index contributed by atoms with van der Waals surface area (Å²) in [6.07, 6.45) is 1.74. The molecule has 13 heavy (non-hydrogen) atoms. The molecule has 1 unspecified atom stereocenters. The SMILES string of the molecule is CCOCC(N)c1c(Br)cnn1C. The van der Waals surface area contributed by atoms with Crippen LogP contribution < -0.4 is 5.73 Å². The van der Waals surface area contributed by atoms with E-state index in [2.05, 4.69) is 21.0 Å². The third-order valence-electron chi connectivity index (χ3n) is 1.79. The standard InChI is InChI=1S/C8H14BrN3O/c1-3-13-5-7(10)8-6(9)4-11-12(8)2/h4,7H,3,5,10H2,1-2H3. The van der Waals surface area contributed by atoms with Gasteiger partial charge in [-0.2, -0.15) is 5.10 Å². The Hall–Kier alpha value is -0.390. The third-order valence-corrected chi connectivity index (χ3v) is 2.40. The van der Waals surface area contributed by atoms with E-state index >= 15 is 0 Å². The number of halogens is 1. The molecule has 0 amide bonds. The fourth-order valence-electron chi connectivity index (χ4n) is 1.16. The van der Waals surface area contributed by atoms with Crippen molar-refractivity contribution in [1.82, 2.24) is 9.78 Å². The molecular weight excluding hydrogens is 234 g/mol. The monoisotopic (exact) mass is 247 g/mol. The zero-order valence-corrected chi connectivity index (χ0v) is 9.41. The van der Waals surface area contributed by atoms with Crippen LogP contribution in [-0.4, -0.2) is 23.0 Å². The zero-order chi connectivity index (χ0) is 9.84. The van der Waals surface area contributed by atoms with Crippen LogP contribution in [0.25, 0.3) is 0 Å². The van der Waals surface area contributed by atoms with Crippen LogP contribution in [0.3, 0.4) is 0 Å². The van der Waals surface area contributed by atoms with Gasteiger partial charge in [-0.3, -0.25) is 4.68 Å². The number of hydrogen-bond acceptors (Lipinski definition) is 3. The lowest BCUT2D eigenvalue weighted by atomic mass is 10.2. The molecule has 0 aliphatic heterocycles. The second-order valence-electron chi connectivity index (χ2n) is 2.77. The van der Waals surface area contributed by atoms with Crippen LogP contribution in [0.1, 0.15) is 18.7 Å². The van der Waals surface area contributed by atoms with Crippen molar-refractivity contribution in [3.05, 3.63) is 16.4 Å². The second-order valence-corrected chi connectivity index (χ2v) is 3.62. The lowest BCUT2D eigenvalue weighted by molar-refractivity contribution is 0.131. The maximum absolute atomic E-state index is 5.91. The highest BCUT2D eigenvalue weighted by Gasteiger charge is 2.14. The molecule has 1 aromatic rings. The van der Waals surface area contributed by atoms with Crippen molar-refractivity contribution in [3.8, 4) is 0 Å². The van der Waals surface area contributed by atoms with Crippen LogP contribution in [0, 0.1) is 0 Å². The van der Waals surface area contributed by atoms with E-state index in [-0.39, 0.29) is 6.04 Å². The van der Waals surface area contributed by atoms with Gasteiger partial charge in [-0.15, -0.1) is 0 Å². The van der Waals surface area contributed by atoms with Gasteiger partial charge in [0.1, 0.15) is 0 Å². The molecule has 1 aromatic heterocycles. The van der Waals surface area contributed by atoms with Gasteiger partial charge in [0.2, 0.25) is 0 Å². The molecule has 0 fully saturated rings. The van der Waals surface area contributed by atoms with Gasteiger partial charge < -0.3 is 10.5 Å². The molecular formula is C8H14BrN3O. The van der Waals surface area contributed by atoms with Crippen molar-refractivity contribution in [2.45, 2.75) is 13.0 Å². The minimum absolute atomic E-state index is 0.123. The van der Waals surface area contributed by atoms with Crippen molar-refractivity contribution in [2.75, 3.05) is 13.2 Å². The molecule has 0 radical (unpaired) electrons. The minimum Gasteiger partial charge on any atom is -0.380 e. The van der Waals surface area contributed by atoms with Crippen LogP contribution in [0.15, 0.2) is 10.7 Å². The number of aromatic nitrogens is 2. The van der Waals surface area contributed by atoms with Gasteiger partial charge in [-0.05, 0) is 22.9 Å². The van der Waals surface area contributed by atoms with E-state index in [0.29, 0.717) is 13.2 Å². The fraction of sp³-hybridized carbons (Fsp3) is 0.625. The van der Waals surface area contributed by atoms with Crippen molar-refractivity contribution in [3.63, 3.8) is 0 Å². The van der Waals surface area contributed by atoms with Crippen LogP contribution in [0.5, 0.6) is 0 Å². The fourth-order valence-corrected chi connectivity index (χ4v) is 1.80. The Balaban J connectivity index is 2.69. The molecule has 0 aromatic carbocycles. The van der Waals surface area contributed by atoms with E-state index in [4.69, 9.17) is 10.5 Å². The normalized spacial score (nSPS) is 13.2. The summed E-state index contributed by atoms with van der Waals surface area (Å²) in [5, 5.41) is 4.08. The van der Waals surface area contributed by atoms with Crippen molar-refractivity contribution in [2.24, 2.45) is 12.8 Å². The van der Waals surface area contributed by atoms with E-state index < -0.39 is 0 Å². The van der Waals surface area contributed by atoms with Crippen molar-refractivity contribution < 1.29 is 4.74 Å². The number of ether oxygens (including phenoxy) is 1. The van der Waals surface area contributed by atoms with E-state index in [0.717, 1.165) is 10.2 Å². The van der Waals surface area contributed by atoms with Crippen molar-refractivity contribution in [1.29, 1.82) is 0 Å². The average Bonchev–Trinajstić information content (AvgIpc) is 2.42. The summed E-state index contributed by atoms with van der Waals surface area (Å²) in [6.45, 7) is 3.16. The molecule has 1 atom stereocenters. The van der Waals surface area contributed by atoms with Crippen LogP contribution in [0.2, 0.25) is 0 Å². The van der Waals surface area contributed by atoms with Crippen LogP contribution in [0.4, 0.5) is 0 Å². The molecule has 5 heteroatoms. The van der Waals surface area contributed by atoms with Crippen LogP contribution >= 0.6 is 15.9 Å². The Kier molecular flexibility index (Phi) is 3.90. The number of hydrogen-bond donors (Lipinski definition) is 1. The largest absolute Gasteiger partial charge is 0.380 e. The van der Waals surface area contributed by atoms with Gasteiger partial charge >= 0.3 is 0 Å². The molecule has 2 N–H and O–H groups in total. The van der Waals surface area contributed by atoms with E-state index in [1.54, 1.807) is 10.9 Å². The molecule has 1 rings (SSSR count). The summed E-state index contributed by atoms with van der Waals surface area (Å²) in [6, 6.07) is -0.123. The smallest absolute Gasteiger partial charge is 0.0716 e. The molecule has 0 saturated heterocycles. The molecule has 0 saturated carbocycles. The van der Waals surface area contributed by atoms with Gasteiger partial charge in [0.25, 0.3) is 0 Å². The van der Waals surface area contributed by atoms with Gasteiger partial charge in [0.15, 0.2) is 0 Å². The first kappa shape index (κ1) is 10.7. The number of rotatable bonds is 4. The summed E-state index contributed by atoms with van der Waals surface area (Å²) in [4.78, 5) is 0. The van der Waals surface area contributed by atoms with Gasteiger partial charge in [0.05, 0.1) is 29.0 Å². The second kappa shape index (κ2) is 4.74. The Morgan fingerprint density at radius 3 is 2.92 bits per heavy atom. The topological polar surface area (TPSA) is 53.1 Å². The van der Waals surface area contributed by atoms with Gasteiger partial charge in [0, 0.05) is 13.7 Å². The van der Waals surface area contributed by atoms with Crippen molar-refractivity contribution >= 4 is 15.9 Å². The minimum atomic E-state index is -0.123. The predicted molar refractivity (Wildman–Crippen MR) is 54.3 cm³/mol. The number of nitrogens with two attached hydrogens (primary N) is 1. The number of nitrogens with zero attached hydrogens (tertiary/aromatic N) is 2. The van der Waals surface area contributed by atoms with Gasteiger partial charge in [-0.25, -0.2) is 0 Å². The highest BCUT2D eigenvalue weighted by Crippen LogP contribution is 2.20. The maximum Gasteiger partial charge on any atom is 0.0716 e. The van der Waals surface area contributed by atoms with E-state index in [9.17, 15) is 0 Å². The Bertz CT molecular complexity index is 255. The quantitative estimate of drug-likeness (QED) is 0.871. The van der Waals surface area contributed by atoms with E-state index in [1.807, 2.05) is 14.0 Å². The first-order valence-electron chi connectivity index (χ1n) is 4.17. The summed E-state index contributed by atoms with van der Waals surface area (Å²) in [7, 11) is 1.87. The number of aryl methyl sites for hydroxylation is 1. The molecule has 0 aliphatic carbocycles. The molecule has 0 spiro atoms. The Labute approximate surface area is 86.2 Å².